The Hall–Kier alpha value is -4.05. The van der Waals surface area contributed by atoms with Crippen LogP contribution in [0.15, 0.2) is 72.1 Å². The highest BCUT2D eigenvalue weighted by molar-refractivity contribution is 7.93. The standard InChI is InChI=1S/C22H16FN3O5S/c1-31-21-16-5-3-2-4-15(16)20(9-17(21)13-10-24-12-25-11-13)32(29,30)26-14-6-7-19(23)18(8-14)22(27)28/h2-12,26H,1H3,(H,27,28). The van der Waals surface area contributed by atoms with Crippen LogP contribution in [0.5, 0.6) is 5.75 Å². The van der Waals surface area contributed by atoms with E-state index in [-0.39, 0.29) is 10.6 Å². The lowest BCUT2D eigenvalue weighted by molar-refractivity contribution is 0.0692. The number of benzene rings is 3. The number of halogens is 1. The zero-order valence-electron chi connectivity index (χ0n) is 16.6. The molecule has 0 atom stereocenters. The van der Waals surface area contributed by atoms with Crippen LogP contribution in [0.2, 0.25) is 0 Å². The monoisotopic (exact) mass is 453 g/mol. The van der Waals surface area contributed by atoms with Gasteiger partial charge in [-0.25, -0.2) is 27.6 Å². The number of rotatable bonds is 6. The van der Waals surface area contributed by atoms with Crippen molar-refractivity contribution in [2.24, 2.45) is 0 Å². The van der Waals surface area contributed by atoms with E-state index < -0.39 is 27.4 Å². The molecule has 0 fully saturated rings. The zero-order valence-corrected chi connectivity index (χ0v) is 17.4. The van der Waals surface area contributed by atoms with Crippen molar-refractivity contribution in [3.8, 4) is 16.9 Å². The van der Waals surface area contributed by atoms with Crippen LogP contribution < -0.4 is 9.46 Å². The van der Waals surface area contributed by atoms with Gasteiger partial charge < -0.3 is 9.84 Å². The van der Waals surface area contributed by atoms with E-state index in [1.165, 1.54) is 31.9 Å². The summed E-state index contributed by atoms with van der Waals surface area (Å²) < 4.78 is 48.3. The molecular formula is C22H16FN3O5S. The number of aromatic carboxylic acids is 1. The molecule has 0 saturated heterocycles. The number of fused-ring (bicyclic) bond motifs is 1. The van der Waals surface area contributed by atoms with Crippen LogP contribution in [0.4, 0.5) is 10.1 Å². The van der Waals surface area contributed by atoms with Gasteiger partial charge >= 0.3 is 5.97 Å². The minimum Gasteiger partial charge on any atom is -0.495 e. The Morgan fingerprint density at radius 3 is 2.41 bits per heavy atom. The van der Waals surface area contributed by atoms with Crippen molar-refractivity contribution < 1.29 is 27.4 Å². The summed E-state index contributed by atoms with van der Waals surface area (Å²) in [7, 11) is -2.73. The lowest BCUT2D eigenvalue weighted by Crippen LogP contribution is -2.15. The molecule has 2 N–H and O–H groups in total. The van der Waals surface area contributed by atoms with Gasteiger partial charge in [0, 0.05) is 40.0 Å². The van der Waals surface area contributed by atoms with Crippen molar-refractivity contribution >= 4 is 32.5 Å². The maximum absolute atomic E-state index is 13.7. The molecule has 4 rings (SSSR count). The first-order valence-electron chi connectivity index (χ1n) is 9.22. The smallest absolute Gasteiger partial charge is 0.338 e. The van der Waals surface area contributed by atoms with Crippen molar-refractivity contribution in [3.05, 3.63) is 78.6 Å². The third kappa shape index (κ3) is 3.83. The molecule has 0 saturated carbocycles. The van der Waals surface area contributed by atoms with Crippen molar-refractivity contribution in [3.63, 3.8) is 0 Å². The van der Waals surface area contributed by atoms with Crippen LogP contribution in [-0.4, -0.2) is 36.6 Å². The van der Waals surface area contributed by atoms with Gasteiger partial charge in [-0.2, -0.15) is 0 Å². The van der Waals surface area contributed by atoms with E-state index >= 15 is 0 Å². The third-order valence-electron chi connectivity index (χ3n) is 4.77. The van der Waals surface area contributed by atoms with Gasteiger partial charge in [0.1, 0.15) is 17.9 Å². The zero-order chi connectivity index (χ0) is 22.9. The molecule has 0 radical (unpaired) electrons. The van der Waals surface area contributed by atoms with Crippen molar-refractivity contribution in [2.75, 3.05) is 11.8 Å². The summed E-state index contributed by atoms with van der Waals surface area (Å²) in [5.74, 6) is -2.03. The van der Waals surface area contributed by atoms with E-state index in [4.69, 9.17) is 9.84 Å². The first-order chi connectivity index (χ1) is 15.3. The molecule has 0 aliphatic carbocycles. The van der Waals surface area contributed by atoms with Crippen molar-refractivity contribution in [1.29, 1.82) is 0 Å². The van der Waals surface area contributed by atoms with Gasteiger partial charge in [-0.1, -0.05) is 24.3 Å². The normalized spacial score (nSPS) is 11.3. The summed E-state index contributed by atoms with van der Waals surface area (Å²) in [5, 5.41) is 10.1. The Morgan fingerprint density at radius 1 is 1.06 bits per heavy atom. The van der Waals surface area contributed by atoms with Crippen LogP contribution in [0, 0.1) is 5.82 Å². The second-order valence-corrected chi connectivity index (χ2v) is 8.38. The van der Waals surface area contributed by atoms with Gasteiger partial charge in [0.25, 0.3) is 10.0 Å². The largest absolute Gasteiger partial charge is 0.495 e. The quantitative estimate of drug-likeness (QED) is 0.454. The second kappa shape index (κ2) is 8.23. The fraction of sp³-hybridized carbons (Fsp3) is 0.0455. The Balaban J connectivity index is 1.92. The number of ether oxygens (including phenoxy) is 1. The number of hydrogen-bond acceptors (Lipinski definition) is 6. The number of carboxylic acid groups (broad SMARTS) is 1. The highest BCUT2D eigenvalue weighted by atomic mass is 32.2. The lowest BCUT2D eigenvalue weighted by Gasteiger charge is -2.17. The number of carbonyl (C=O) groups is 1. The summed E-state index contributed by atoms with van der Waals surface area (Å²) in [4.78, 5) is 19.1. The Kier molecular flexibility index (Phi) is 5.45. The van der Waals surface area contributed by atoms with E-state index in [1.54, 1.807) is 24.3 Å². The number of carboxylic acids is 1. The topological polar surface area (TPSA) is 118 Å². The molecule has 0 amide bonds. The van der Waals surface area contributed by atoms with Gasteiger partial charge in [0.2, 0.25) is 0 Å². The van der Waals surface area contributed by atoms with Gasteiger partial charge in [-0.15, -0.1) is 0 Å². The molecule has 0 bridgehead atoms. The van der Waals surface area contributed by atoms with Gasteiger partial charge in [0.05, 0.1) is 17.6 Å². The minimum absolute atomic E-state index is 0.0750. The van der Waals surface area contributed by atoms with Gasteiger partial charge in [-0.05, 0) is 24.3 Å². The maximum Gasteiger partial charge on any atom is 0.338 e. The fourth-order valence-corrected chi connectivity index (χ4v) is 4.66. The molecule has 4 aromatic rings. The molecule has 10 heteroatoms. The predicted octanol–water partition coefficient (Wildman–Crippen LogP) is 3.94. The molecule has 0 unspecified atom stereocenters. The maximum atomic E-state index is 13.7. The van der Waals surface area contributed by atoms with E-state index in [2.05, 4.69) is 14.7 Å². The average molecular weight is 453 g/mol. The number of nitrogens with one attached hydrogen (secondary N) is 1. The van der Waals surface area contributed by atoms with E-state index in [0.717, 1.165) is 18.2 Å². The number of hydrogen-bond donors (Lipinski definition) is 2. The molecule has 1 heterocycles. The van der Waals surface area contributed by atoms with Gasteiger partial charge in [0.15, 0.2) is 0 Å². The summed E-state index contributed by atoms with van der Waals surface area (Å²) in [6, 6.07) is 11.2. The third-order valence-corrected chi connectivity index (χ3v) is 6.19. The molecule has 32 heavy (non-hydrogen) atoms. The van der Waals surface area contributed by atoms with Gasteiger partial charge in [-0.3, -0.25) is 4.72 Å². The summed E-state index contributed by atoms with van der Waals surface area (Å²) in [6.45, 7) is 0. The molecule has 1 aromatic heterocycles. The highest BCUT2D eigenvalue weighted by Crippen LogP contribution is 2.40. The molecule has 3 aromatic carbocycles. The van der Waals surface area contributed by atoms with E-state index in [0.29, 0.717) is 27.6 Å². The summed E-state index contributed by atoms with van der Waals surface area (Å²) >= 11 is 0. The molecule has 162 valence electrons. The van der Waals surface area contributed by atoms with Crippen molar-refractivity contribution in [2.45, 2.75) is 4.90 Å². The molecule has 0 aliphatic rings. The number of methoxy groups -OCH3 is 1. The van der Waals surface area contributed by atoms with Crippen LogP contribution in [0.3, 0.4) is 0 Å². The number of sulfonamides is 1. The van der Waals surface area contributed by atoms with Crippen molar-refractivity contribution in [1.82, 2.24) is 9.97 Å². The summed E-state index contributed by atoms with van der Waals surface area (Å²) in [6.07, 6.45) is 4.41. The first kappa shape index (κ1) is 21.2. The highest BCUT2D eigenvalue weighted by Gasteiger charge is 2.24. The Morgan fingerprint density at radius 2 is 1.75 bits per heavy atom. The Labute approximate surface area is 182 Å². The SMILES string of the molecule is COc1c(-c2cncnc2)cc(S(=O)(=O)Nc2ccc(F)c(C(=O)O)c2)c2ccccc12. The predicted molar refractivity (Wildman–Crippen MR) is 116 cm³/mol. The number of anilines is 1. The first-order valence-corrected chi connectivity index (χ1v) is 10.7. The second-order valence-electron chi connectivity index (χ2n) is 6.73. The minimum atomic E-state index is -4.21. The summed E-state index contributed by atoms with van der Waals surface area (Å²) in [5.41, 5.74) is 0.263. The van der Waals surface area contributed by atoms with Crippen LogP contribution in [0.1, 0.15) is 10.4 Å². The molecular weight excluding hydrogens is 437 g/mol. The lowest BCUT2D eigenvalue weighted by atomic mass is 10.0. The Bertz CT molecular complexity index is 1440. The average Bonchev–Trinajstić information content (AvgIpc) is 2.79. The fourth-order valence-electron chi connectivity index (χ4n) is 3.37. The van der Waals surface area contributed by atoms with Crippen LogP contribution in [-0.2, 0) is 10.0 Å². The number of aromatic nitrogens is 2. The van der Waals surface area contributed by atoms with E-state index in [1.807, 2.05) is 0 Å². The van der Waals surface area contributed by atoms with E-state index in [9.17, 15) is 17.6 Å². The molecule has 8 nitrogen and oxygen atoms in total. The van der Waals surface area contributed by atoms with Crippen LogP contribution >= 0.6 is 0 Å². The molecule has 0 aliphatic heterocycles. The van der Waals surface area contributed by atoms with Crippen LogP contribution in [0.25, 0.3) is 21.9 Å². The number of nitrogens with zero attached hydrogens (tertiary/aromatic N) is 2. The molecule has 0 spiro atoms.